The normalized spacial score (nSPS) is 25.1. The number of rotatable bonds is 2. The molecule has 4 nitrogen and oxygen atoms in total. The van der Waals surface area contributed by atoms with Gasteiger partial charge in [0.2, 0.25) is 0 Å². The molecule has 0 bridgehead atoms. The largest absolute Gasteiger partial charge is 0.433 e. The van der Waals surface area contributed by atoms with E-state index >= 15 is 0 Å². The minimum atomic E-state index is -4.40. The van der Waals surface area contributed by atoms with Crippen molar-refractivity contribution >= 4 is 5.69 Å². The van der Waals surface area contributed by atoms with Crippen molar-refractivity contribution in [2.45, 2.75) is 51.9 Å². The zero-order valence-electron chi connectivity index (χ0n) is 16.3. The first-order valence-corrected chi connectivity index (χ1v) is 9.70. The smallest absolute Gasteiger partial charge is 0.370 e. The summed E-state index contributed by atoms with van der Waals surface area (Å²) in [5.41, 5.74) is 4.13. The van der Waals surface area contributed by atoms with Gasteiger partial charge in [-0.15, -0.1) is 0 Å². The Kier molecular flexibility index (Phi) is 4.81. The van der Waals surface area contributed by atoms with Gasteiger partial charge < -0.3 is 10.2 Å². The van der Waals surface area contributed by atoms with Gasteiger partial charge in [-0.3, -0.25) is 4.98 Å². The number of aromatic nitrogens is 2. The highest BCUT2D eigenvalue weighted by molar-refractivity contribution is 5.53. The Hall–Kier alpha value is -2.15. The molecule has 2 aromatic rings. The summed E-state index contributed by atoms with van der Waals surface area (Å²) in [6.07, 6.45) is 0.937. The number of nitrogens with one attached hydrogen (secondary N) is 1. The Morgan fingerprint density at radius 3 is 2.54 bits per heavy atom. The summed E-state index contributed by atoms with van der Waals surface area (Å²) in [7, 11) is 0. The number of hydrogen-bond acceptors (Lipinski definition) is 4. The molecular formula is C21H25F3N4. The molecule has 0 radical (unpaired) electrons. The molecule has 2 saturated heterocycles. The summed E-state index contributed by atoms with van der Waals surface area (Å²) in [4.78, 5) is 10.3. The summed E-state index contributed by atoms with van der Waals surface area (Å²) in [5, 5.41) is 3.75. The predicted octanol–water partition coefficient (Wildman–Crippen LogP) is 4.35. The van der Waals surface area contributed by atoms with Gasteiger partial charge in [0.15, 0.2) is 0 Å². The molecule has 3 atom stereocenters. The Labute approximate surface area is 163 Å². The van der Waals surface area contributed by atoms with E-state index in [9.17, 15) is 13.2 Å². The molecule has 2 aromatic heterocycles. The molecule has 0 saturated carbocycles. The van der Waals surface area contributed by atoms with E-state index in [2.05, 4.69) is 33.2 Å². The Balaban J connectivity index is 1.49. The highest BCUT2D eigenvalue weighted by Crippen LogP contribution is 2.38. The number of hydrogen-bond donors (Lipinski definition) is 1. The van der Waals surface area contributed by atoms with Crippen LogP contribution >= 0.6 is 0 Å². The van der Waals surface area contributed by atoms with E-state index in [0.29, 0.717) is 17.5 Å². The van der Waals surface area contributed by atoms with Crippen LogP contribution in [0.2, 0.25) is 0 Å². The Morgan fingerprint density at radius 2 is 1.86 bits per heavy atom. The van der Waals surface area contributed by atoms with Gasteiger partial charge in [0.1, 0.15) is 5.69 Å². The number of aryl methyl sites for hydroxylation is 3. The number of fused-ring (bicyclic) bond motifs is 1. The molecule has 28 heavy (non-hydrogen) atoms. The molecule has 4 heterocycles. The topological polar surface area (TPSA) is 41.1 Å². The van der Waals surface area contributed by atoms with E-state index in [0.717, 1.165) is 43.4 Å². The van der Waals surface area contributed by atoms with Crippen molar-refractivity contribution in [3.63, 3.8) is 0 Å². The first kappa shape index (κ1) is 19.2. The molecule has 150 valence electrons. The molecular weight excluding hydrogens is 365 g/mol. The van der Waals surface area contributed by atoms with Crippen molar-refractivity contribution in [1.82, 2.24) is 15.3 Å². The lowest BCUT2D eigenvalue weighted by atomic mass is 9.90. The third-order valence-corrected chi connectivity index (χ3v) is 6.07. The summed E-state index contributed by atoms with van der Waals surface area (Å²) >= 11 is 0. The maximum atomic E-state index is 12.9. The quantitative estimate of drug-likeness (QED) is 0.828. The van der Waals surface area contributed by atoms with Crippen LogP contribution in [0.5, 0.6) is 0 Å². The first-order valence-electron chi connectivity index (χ1n) is 9.70. The molecule has 0 spiro atoms. The van der Waals surface area contributed by atoms with E-state index in [1.165, 1.54) is 17.3 Å². The molecule has 4 rings (SSSR count). The second kappa shape index (κ2) is 7.03. The fraction of sp³-hybridized carbons (Fsp3) is 0.524. The lowest BCUT2D eigenvalue weighted by Gasteiger charge is -2.37. The maximum Gasteiger partial charge on any atom is 0.433 e. The van der Waals surface area contributed by atoms with E-state index in [-0.39, 0.29) is 6.04 Å². The molecule has 2 aliphatic rings. The second-order valence-corrected chi connectivity index (χ2v) is 8.09. The van der Waals surface area contributed by atoms with Crippen LogP contribution in [0.15, 0.2) is 24.5 Å². The van der Waals surface area contributed by atoms with Crippen LogP contribution in [0.1, 0.15) is 47.0 Å². The zero-order valence-corrected chi connectivity index (χ0v) is 16.3. The number of alkyl halides is 3. The lowest BCUT2D eigenvalue weighted by Crippen LogP contribution is -2.44. The monoisotopic (exact) mass is 390 g/mol. The maximum absolute atomic E-state index is 12.9. The predicted molar refractivity (Wildman–Crippen MR) is 102 cm³/mol. The average molecular weight is 390 g/mol. The summed E-state index contributed by atoms with van der Waals surface area (Å²) in [6, 6.07) is 3.99. The van der Waals surface area contributed by atoms with Gasteiger partial charge in [-0.25, -0.2) is 4.98 Å². The van der Waals surface area contributed by atoms with Gasteiger partial charge in [-0.1, -0.05) is 0 Å². The van der Waals surface area contributed by atoms with Crippen LogP contribution < -0.4 is 10.2 Å². The van der Waals surface area contributed by atoms with Crippen LogP contribution in [0.4, 0.5) is 18.9 Å². The molecule has 1 N–H and O–H groups in total. The van der Waals surface area contributed by atoms with E-state index in [1.54, 1.807) is 6.92 Å². The minimum Gasteiger partial charge on any atom is -0.370 e. The third-order valence-electron chi connectivity index (χ3n) is 6.07. The summed E-state index contributed by atoms with van der Waals surface area (Å²) < 4.78 is 38.7. The third kappa shape index (κ3) is 3.60. The van der Waals surface area contributed by atoms with Gasteiger partial charge >= 0.3 is 6.18 Å². The number of halogens is 3. The van der Waals surface area contributed by atoms with Crippen molar-refractivity contribution in [3.05, 3.63) is 52.6 Å². The van der Waals surface area contributed by atoms with E-state index in [1.807, 2.05) is 13.1 Å². The van der Waals surface area contributed by atoms with Crippen molar-refractivity contribution in [3.8, 4) is 0 Å². The van der Waals surface area contributed by atoms with Crippen molar-refractivity contribution in [2.24, 2.45) is 5.92 Å². The van der Waals surface area contributed by atoms with Gasteiger partial charge in [0.05, 0.1) is 11.9 Å². The van der Waals surface area contributed by atoms with Gasteiger partial charge in [-0.2, -0.15) is 13.2 Å². The van der Waals surface area contributed by atoms with Crippen LogP contribution in [-0.2, 0) is 6.18 Å². The SMILES string of the molecule is Cc1cc(C)c(C2CC3CN(c4cnc(C(F)(F)F)cc4C)CCC3N2)cn1. The summed E-state index contributed by atoms with van der Waals surface area (Å²) in [6.45, 7) is 7.50. The fourth-order valence-corrected chi connectivity index (χ4v) is 4.66. The van der Waals surface area contributed by atoms with Gasteiger partial charge in [0.25, 0.3) is 0 Å². The van der Waals surface area contributed by atoms with E-state index < -0.39 is 11.9 Å². The summed E-state index contributed by atoms with van der Waals surface area (Å²) in [5.74, 6) is 0.459. The fourth-order valence-electron chi connectivity index (χ4n) is 4.66. The van der Waals surface area contributed by atoms with Gasteiger partial charge in [-0.05, 0) is 68.4 Å². The molecule has 2 aliphatic heterocycles. The minimum absolute atomic E-state index is 0.287. The van der Waals surface area contributed by atoms with Crippen LogP contribution in [0.3, 0.4) is 0 Å². The van der Waals surface area contributed by atoms with Crippen molar-refractivity contribution in [2.75, 3.05) is 18.0 Å². The van der Waals surface area contributed by atoms with Crippen molar-refractivity contribution in [1.29, 1.82) is 0 Å². The highest BCUT2D eigenvalue weighted by atomic mass is 19.4. The lowest BCUT2D eigenvalue weighted by molar-refractivity contribution is -0.141. The van der Waals surface area contributed by atoms with Crippen LogP contribution in [-0.4, -0.2) is 29.1 Å². The molecule has 0 aromatic carbocycles. The molecule has 7 heteroatoms. The highest BCUT2D eigenvalue weighted by Gasteiger charge is 2.39. The van der Waals surface area contributed by atoms with Crippen molar-refractivity contribution < 1.29 is 13.2 Å². The van der Waals surface area contributed by atoms with Crippen LogP contribution in [0.25, 0.3) is 0 Å². The molecule has 0 amide bonds. The first-order chi connectivity index (χ1) is 13.2. The molecule has 2 fully saturated rings. The zero-order chi connectivity index (χ0) is 20.1. The Bertz CT molecular complexity index is 880. The van der Waals surface area contributed by atoms with Crippen LogP contribution in [0, 0.1) is 26.7 Å². The number of anilines is 1. The van der Waals surface area contributed by atoms with E-state index in [4.69, 9.17) is 0 Å². The number of nitrogens with zero attached hydrogens (tertiary/aromatic N) is 3. The Morgan fingerprint density at radius 1 is 1.07 bits per heavy atom. The number of pyridine rings is 2. The standard InChI is InChI=1S/C21H25F3N4/c1-12-6-14(3)25-9-16(12)18-8-15-11-28(5-4-17(15)27-18)19-10-26-20(7-13(19)2)21(22,23)24/h6-7,9-10,15,17-18,27H,4-5,8,11H2,1-3H3. The second-order valence-electron chi connectivity index (χ2n) is 8.09. The van der Waals surface area contributed by atoms with Gasteiger partial charge in [0, 0.05) is 37.1 Å². The average Bonchev–Trinajstić information content (AvgIpc) is 3.03. The molecule has 0 aliphatic carbocycles. The number of piperidine rings is 1. The molecule has 3 unspecified atom stereocenters.